The summed E-state index contributed by atoms with van der Waals surface area (Å²) < 4.78 is 15.3. The Labute approximate surface area is 187 Å². The highest BCUT2D eigenvalue weighted by atomic mass is 35.5. The fourth-order valence-electron chi connectivity index (χ4n) is 3.02. The number of nitrogens with zero attached hydrogens (tertiary/aromatic N) is 3. The van der Waals surface area contributed by atoms with Crippen LogP contribution in [0.1, 0.15) is 11.1 Å². The Bertz CT molecular complexity index is 1240. The third-order valence-corrected chi connectivity index (χ3v) is 5.69. The molecule has 0 spiro atoms. The Morgan fingerprint density at radius 3 is 2.74 bits per heavy atom. The second-order valence-corrected chi connectivity index (χ2v) is 8.11. The number of fused-ring (bicyclic) bond motifs is 1. The summed E-state index contributed by atoms with van der Waals surface area (Å²) in [6.07, 6.45) is 1.40. The van der Waals surface area contributed by atoms with Gasteiger partial charge in [0.05, 0.1) is 29.5 Å². The maximum Gasteiger partial charge on any atom is 0.250 e. The second kappa shape index (κ2) is 9.76. The number of carbonyl (C=O) groups is 1. The van der Waals surface area contributed by atoms with Gasteiger partial charge in [0.25, 0.3) is 5.91 Å². The summed E-state index contributed by atoms with van der Waals surface area (Å²) in [6.45, 7) is 0.610. The summed E-state index contributed by atoms with van der Waals surface area (Å²) in [6, 6.07) is 21.5. The van der Waals surface area contributed by atoms with Crippen LogP contribution in [0.5, 0.6) is 0 Å². The number of para-hydroxylation sites is 2. The van der Waals surface area contributed by atoms with Gasteiger partial charge in [0.2, 0.25) is 0 Å². The van der Waals surface area contributed by atoms with Gasteiger partial charge in [-0.15, -0.1) is 0 Å². The molecule has 1 N–H and O–H groups in total. The average molecular weight is 453 g/mol. The minimum absolute atomic E-state index is 0.143. The minimum atomic E-state index is -0.356. The van der Waals surface area contributed by atoms with Gasteiger partial charge in [0, 0.05) is 5.02 Å². The predicted molar refractivity (Wildman–Crippen MR) is 123 cm³/mol. The number of nitrogens with one attached hydrogen (secondary N) is 1. The van der Waals surface area contributed by atoms with Crippen LogP contribution in [-0.4, -0.2) is 27.4 Å². The van der Waals surface area contributed by atoms with Crippen molar-refractivity contribution in [3.63, 3.8) is 0 Å². The van der Waals surface area contributed by atoms with E-state index in [0.29, 0.717) is 17.1 Å². The molecule has 0 unspecified atom stereocenters. The lowest BCUT2D eigenvalue weighted by atomic mass is 10.2. The molecule has 0 aliphatic carbocycles. The molecule has 0 saturated carbocycles. The molecule has 8 heteroatoms. The van der Waals surface area contributed by atoms with Crippen molar-refractivity contribution >= 4 is 46.5 Å². The van der Waals surface area contributed by atoms with Crippen molar-refractivity contribution in [1.29, 1.82) is 0 Å². The molecule has 0 bridgehead atoms. The molecule has 0 aliphatic heterocycles. The van der Waals surface area contributed by atoms with Crippen LogP contribution < -0.4 is 5.43 Å². The number of hydrazone groups is 1. The van der Waals surface area contributed by atoms with Gasteiger partial charge in [0.1, 0.15) is 5.82 Å². The van der Waals surface area contributed by atoms with Crippen LogP contribution in [0.2, 0.25) is 5.02 Å². The van der Waals surface area contributed by atoms with E-state index in [0.717, 1.165) is 21.8 Å². The van der Waals surface area contributed by atoms with Gasteiger partial charge in [-0.3, -0.25) is 4.79 Å². The van der Waals surface area contributed by atoms with E-state index in [1.807, 2.05) is 48.5 Å². The van der Waals surface area contributed by atoms with Crippen molar-refractivity contribution in [2.24, 2.45) is 5.10 Å². The van der Waals surface area contributed by atoms with Crippen LogP contribution in [0.15, 0.2) is 83.1 Å². The molecule has 1 heterocycles. The fourth-order valence-corrected chi connectivity index (χ4v) is 3.95. The maximum atomic E-state index is 13.2. The molecule has 1 amide bonds. The standard InChI is InChI=1S/C23H18ClFN4OS/c24-18-10-8-16(9-11-18)14-29-21-7-2-1-6-20(21)27-23(29)31-15-22(30)28-26-13-17-4-3-5-19(25)12-17/h1-13H,14-15H2,(H,28,30). The first-order valence-corrected chi connectivity index (χ1v) is 10.8. The summed E-state index contributed by atoms with van der Waals surface area (Å²) in [4.78, 5) is 16.9. The number of hydrogen-bond donors (Lipinski definition) is 1. The number of carbonyl (C=O) groups excluding carboxylic acids is 1. The molecule has 1 aromatic heterocycles. The Morgan fingerprint density at radius 2 is 1.94 bits per heavy atom. The van der Waals surface area contributed by atoms with Gasteiger partial charge in [-0.25, -0.2) is 14.8 Å². The molecule has 0 radical (unpaired) electrons. The highest BCUT2D eigenvalue weighted by Gasteiger charge is 2.13. The molecule has 0 atom stereocenters. The first kappa shape index (κ1) is 21.1. The smallest absolute Gasteiger partial charge is 0.250 e. The van der Waals surface area contributed by atoms with Gasteiger partial charge >= 0.3 is 0 Å². The predicted octanol–water partition coefficient (Wildman–Crippen LogP) is 5.12. The lowest BCUT2D eigenvalue weighted by Crippen LogP contribution is -2.20. The summed E-state index contributed by atoms with van der Waals surface area (Å²) in [5, 5.41) is 5.31. The molecular formula is C23H18ClFN4OS. The summed E-state index contributed by atoms with van der Waals surface area (Å²) in [5.41, 5.74) is 5.97. The highest BCUT2D eigenvalue weighted by molar-refractivity contribution is 7.99. The number of rotatable bonds is 7. The summed E-state index contributed by atoms with van der Waals surface area (Å²) in [7, 11) is 0. The van der Waals surface area contributed by atoms with Gasteiger partial charge < -0.3 is 4.57 Å². The number of amides is 1. The topological polar surface area (TPSA) is 59.3 Å². The fraction of sp³-hybridized carbons (Fsp3) is 0.0870. The molecular weight excluding hydrogens is 435 g/mol. The van der Waals surface area contributed by atoms with E-state index >= 15 is 0 Å². The monoisotopic (exact) mass is 452 g/mol. The quantitative estimate of drug-likeness (QED) is 0.240. The molecule has 5 nitrogen and oxygen atoms in total. The van der Waals surface area contributed by atoms with Crippen molar-refractivity contribution in [3.05, 3.63) is 94.8 Å². The van der Waals surface area contributed by atoms with Crippen molar-refractivity contribution in [1.82, 2.24) is 15.0 Å². The summed E-state index contributed by atoms with van der Waals surface area (Å²) in [5.74, 6) is -0.488. The number of halogens is 2. The minimum Gasteiger partial charge on any atom is -0.314 e. The van der Waals surface area contributed by atoms with E-state index in [1.54, 1.807) is 12.1 Å². The van der Waals surface area contributed by atoms with Crippen LogP contribution in [0, 0.1) is 5.82 Å². The van der Waals surface area contributed by atoms with Crippen LogP contribution in [0.25, 0.3) is 11.0 Å². The van der Waals surface area contributed by atoms with E-state index < -0.39 is 0 Å². The first-order valence-electron chi connectivity index (χ1n) is 9.48. The highest BCUT2D eigenvalue weighted by Crippen LogP contribution is 2.25. The lowest BCUT2D eigenvalue weighted by Gasteiger charge is -2.09. The zero-order valence-corrected chi connectivity index (χ0v) is 17.9. The van der Waals surface area contributed by atoms with Gasteiger partial charge in [-0.05, 0) is 47.5 Å². The van der Waals surface area contributed by atoms with Crippen molar-refractivity contribution < 1.29 is 9.18 Å². The van der Waals surface area contributed by atoms with E-state index in [9.17, 15) is 9.18 Å². The van der Waals surface area contributed by atoms with Gasteiger partial charge in [-0.1, -0.05) is 59.8 Å². The third kappa shape index (κ3) is 5.51. The molecule has 0 saturated heterocycles. The number of aromatic nitrogens is 2. The van der Waals surface area contributed by atoms with E-state index in [4.69, 9.17) is 11.6 Å². The molecule has 4 aromatic rings. The Morgan fingerprint density at radius 1 is 1.13 bits per heavy atom. The van der Waals surface area contributed by atoms with E-state index in [-0.39, 0.29) is 17.5 Å². The van der Waals surface area contributed by atoms with Crippen LogP contribution in [-0.2, 0) is 11.3 Å². The van der Waals surface area contributed by atoms with Gasteiger partial charge in [0.15, 0.2) is 5.16 Å². The van der Waals surface area contributed by atoms with Crippen molar-refractivity contribution in [2.45, 2.75) is 11.7 Å². The molecule has 31 heavy (non-hydrogen) atoms. The first-order chi connectivity index (χ1) is 15.1. The second-order valence-electron chi connectivity index (χ2n) is 6.73. The Hall–Kier alpha value is -3.16. The lowest BCUT2D eigenvalue weighted by molar-refractivity contribution is -0.118. The zero-order valence-electron chi connectivity index (χ0n) is 16.3. The summed E-state index contributed by atoms with van der Waals surface area (Å²) >= 11 is 7.33. The number of hydrogen-bond acceptors (Lipinski definition) is 4. The Kier molecular flexibility index (Phi) is 6.64. The van der Waals surface area contributed by atoms with Gasteiger partial charge in [-0.2, -0.15) is 5.10 Å². The third-order valence-electron chi connectivity index (χ3n) is 4.46. The van der Waals surface area contributed by atoms with Crippen LogP contribution in [0.4, 0.5) is 4.39 Å². The number of imidazole rings is 1. The largest absolute Gasteiger partial charge is 0.314 e. The number of benzene rings is 3. The molecule has 4 rings (SSSR count). The molecule has 0 fully saturated rings. The molecule has 0 aliphatic rings. The maximum absolute atomic E-state index is 13.2. The molecule has 156 valence electrons. The Balaban J connectivity index is 1.45. The molecule has 3 aromatic carbocycles. The SMILES string of the molecule is O=C(CSc1nc2ccccc2n1Cc1ccc(Cl)cc1)NN=Cc1cccc(F)c1. The average Bonchev–Trinajstić information content (AvgIpc) is 3.11. The normalized spacial score (nSPS) is 11.3. The number of thioether (sulfide) groups is 1. The van der Waals surface area contributed by atoms with Crippen LogP contribution >= 0.6 is 23.4 Å². The van der Waals surface area contributed by atoms with Crippen molar-refractivity contribution in [3.8, 4) is 0 Å². The van der Waals surface area contributed by atoms with E-state index in [2.05, 4.69) is 20.1 Å². The van der Waals surface area contributed by atoms with Crippen molar-refractivity contribution in [2.75, 3.05) is 5.75 Å². The zero-order chi connectivity index (χ0) is 21.6. The van der Waals surface area contributed by atoms with Crippen LogP contribution in [0.3, 0.4) is 0 Å². The van der Waals surface area contributed by atoms with E-state index in [1.165, 1.54) is 30.1 Å².